The van der Waals surface area contributed by atoms with Crippen LogP contribution in [-0.4, -0.2) is 4.98 Å². The molecule has 0 fully saturated rings. The summed E-state index contributed by atoms with van der Waals surface area (Å²) in [5, 5.41) is 10.6. The van der Waals surface area contributed by atoms with E-state index in [0.29, 0.717) is 5.56 Å². The average molecular weight is 218 g/mol. The van der Waals surface area contributed by atoms with Crippen LogP contribution < -0.4 is 0 Å². The third-order valence-electron chi connectivity index (χ3n) is 1.80. The second kappa shape index (κ2) is 3.82. The molecule has 0 radical (unpaired) electrons. The first kappa shape index (κ1) is 9.25. The lowest BCUT2D eigenvalue weighted by Crippen LogP contribution is -1.78. The molecule has 2 nitrogen and oxygen atoms in total. The molecule has 0 atom stereocenters. The van der Waals surface area contributed by atoms with Crippen molar-refractivity contribution >= 4 is 24.0 Å². The second-order valence-electron chi connectivity index (χ2n) is 2.70. The molecule has 0 saturated carbocycles. The minimum absolute atomic E-state index is 0.662. The molecule has 68 valence electrons. The third-order valence-corrected chi connectivity index (χ3v) is 2.86. The Labute approximate surface area is 91.3 Å². The Morgan fingerprint density at radius 1 is 1.29 bits per heavy atom. The molecule has 1 heterocycles. The fraction of sp³-hybridized carbons (Fsp3) is 0. The Balaban J connectivity index is 2.39. The van der Waals surface area contributed by atoms with Crippen molar-refractivity contribution in [3.8, 4) is 17.3 Å². The van der Waals surface area contributed by atoms with E-state index in [0.717, 1.165) is 15.6 Å². The Morgan fingerprint density at radius 2 is 2.00 bits per heavy atom. The van der Waals surface area contributed by atoms with Crippen molar-refractivity contribution < 1.29 is 0 Å². The summed E-state index contributed by atoms with van der Waals surface area (Å²) in [4.78, 5) is 4.24. The molecule has 0 N–H and O–H groups in total. The van der Waals surface area contributed by atoms with Gasteiger partial charge in [0.1, 0.15) is 4.34 Å². The van der Waals surface area contributed by atoms with E-state index in [4.69, 9.17) is 5.26 Å². The summed E-state index contributed by atoms with van der Waals surface area (Å²) >= 11 is 5.65. The molecule has 0 saturated heterocycles. The second-order valence-corrected chi connectivity index (χ2v) is 4.29. The highest BCUT2D eigenvalue weighted by Crippen LogP contribution is 2.23. The Bertz CT molecular complexity index is 480. The van der Waals surface area contributed by atoms with Crippen LogP contribution in [-0.2, 0) is 0 Å². The predicted octanol–water partition coefficient (Wildman–Crippen LogP) is 2.97. The van der Waals surface area contributed by atoms with Crippen molar-refractivity contribution in [2.75, 3.05) is 0 Å². The smallest absolute Gasteiger partial charge is 0.147 e. The van der Waals surface area contributed by atoms with E-state index in [1.807, 2.05) is 17.5 Å². The van der Waals surface area contributed by atoms with Crippen LogP contribution >= 0.6 is 24.0 Å². The molecule has 0 aliphatic carbocycles. The van der Waals surface area contributed by atoms with Crippen molar-refractivity contribution in [1.82, 2.24) is 4.98 Å². The number of nitriles is 1. The van der Waals surface area contributed by atoms with E-state index in [-0.39, 0.29) is 0 Å². The van der Waals surface area contributed by atoms with Gasteiger partial charge in [0.25, 0.3) is 0 Å². The molecule has 1 aromatic heterocycles. The van der Waals surface area contributed by atoms with E-state index in [2.05, 4.69) is 23.7 Å². The molecule has 1 aromatic carbocycles. The van der Waals surface area contributed by atoms with E-state index in [9.17, 15) is 0 Å². The Morgan fingerprint density at radius 3 is 2.50 bits per heavy atom. The van der Waals surface area contributed by atoms with Gasteiger partial charge in [0.2, 0.25) is 0 Å². The monoisotopic (exact) mass is 218 g/mol. The predicted molar refractivity (Wildman–Crippen MR) is 59.5 cm³/mol. The van der Waals surface area contributed by atoms with E-state index < -0.39 is 0 Å². The van der Waals surface area contributed by atoms with Gasteiger partial charge in [-0.05, 0) is 12.1 Å². The quantitative estimate of drug-likeness (QED) is 0.747. The van der Waals surface area contributed by atoms with E-state index in [1.54, 1.807) is 12.1 Å². The number of rotatable bonds is 1. The zero-order valence-electron chi connectivity index (χ0n) is 7.14. The van der Waals surface area contributed by atoms with Crippen LogP contribution in [0.4, 0.5) is 0 Å². The van der Waals surface area contributed by atoms with Crippen LogP contribution in [0.15, 0.2) is 34.0 Å². The summed E-state index contributed by atoms with van der Waals surface area (Å²) in [5.41, 5.74) is 2.58. The van der Waals surface area contributed by atoms with Gasteiger partial charge in [-0.2, -0.15) is 5.26 Å². The normalized spacial score (nSPS) is 9.71. The zero-order chi connectivity index (χ0) is 9.97. The molecular formula is C10H6N2S2. The molecule has 4 heteroatoms. The fourth-order valence-corrected chi connectivity index (χ4v) is 1.94. The lowest BCUT2D eigenvalue weighted by atomic mass is 10.1. The van der Waals surface area contributed by atoms with Crippen molar-refractivity contribution in [2.45, 2.75) is 4.34 Å². The molecular weight excluding hydrogens is 212 g/mol. The molecule has 0 aliphatic heterocycles. The molecule has 0 unspecified atom stereocenters. The first-order valence-corrected chi connectivity index (χ1v) is 5.27. The number of thiol groups is 1. The van der Waals surface area contributed by atoms with Crippen LogP contribution in [0.25, 0.3) is 11.3 Å². The lowest BCUT2D eigenvalue weighted by molar-refractivity contribution is 1.26. The number of hydrogen-bond donors (Lipinski definition) is 1. The summed E-state index contributed by atoms with van der Waals surface area (Å²) in [6, 6.07) is 9.43. The number of aromatic nitrogens is 1. The first-order chi connectivity index (χ1) is 6.79. The molecule has 0 bridgehead atoms. The van der Waals surface area contributed by atoms with Gasteiger partial charge in [-0.15, -0.1) is 24.0 Å². The molecule has 0 spiro atoms. The van der Waals surface area contributed by atoms with Crippen molar-refractivity contribution in [3.63, 3.8) is 0 Å². The van der Waals surface area contributed by atoms with Crippen molar-refractivity contribution in [3.05, 3.63) is 35.2 Å². The highest BCUT2D eigenvalue weighted by atomic mass is 32.2. The third kappa shape index (κ3) is 1.79. The Kier molecular flexibility index (Phi) is 2.53. The maximum Gasteiger partial charge on any atom is 0.147 e. The molecule has 2 rings (SSSR count). The summed E-state index contributed by atoms with van der Waals surface area (Å²) in [6.07, 6.45) is 0. The average Bonchev–Trinajstić information content (AvgIpc) is 2.65. The van der Waals surface area contributed by atoms with Crippen molar-refractivity contribution in [1.29, 1.82) is 5.26 Å². The zero-order valence-corrected chi connectivity index (χ0v) is 8.85. The van der Waals surface area contributed by atoms with E-state index >= 15 is 0 Å². The molecule has 0 aliphatic rings. The molecule has 0 amide bonds. The first-order valence-electron chi connectivity index (χ1n) is 3.94. The van der Waals surface area contributed by atoms with Gasteiger partial charge in [0.15, 0.2) is 0 Å². The topological polar surface area (TPSA) is 36.7 Å². The highest BCUT2D eigenvalue weighted by molar-refractivity contribution is 7.82. The van der Waals surface area contributed by atoms with Gasteiger partial charge in [-0.1, -0.05) is 12.1 Å². The minimum Gasteiger partial charge on any atom is -0.230 e. The summed E-state index contributed by atoms with van der Waals surface area (Å²) in [6.45, 7) is 0. The van der Waals surface area contributed by atoms with Gasteiger partial charge >= 0.3 is 0 Å². The number of thiazole rings is 1. The Hall–Kier alpha value is -1.31. The summed E-state index contributed by atoms with van der Waals surface area (Å²) in [5.74, 6) is 0. The summed E-state index contributed by atoms with van der Waals surface area (Å²) in [7, 11) is 0. The van der Waals surface area contributed by atoms with Gasteiger partial charge in [0.05, 0.1) is 17.3 Å². The maximum absolute atomic E-state index is 8.63. The van der Waals surface area contributed by atoms with Crippen LogP contribution in [0.1, 0.15) is 5.56 Å². The molecule has 14 heavy (non-hydrogen) atoms. The maximum atomic E-state index is 8.63. The van der Waals surface area contributed by atoms with E-state index in [1.165, 1.54) is 11.3 Å². The summed E-state index contributed by atoms with van der Waals surface area (Å²) < 4.78 is 0.754. The standard InChI is InChI=1S/C10H6N2S2/c11-5-7-1-3-8(4-2-7)9-6-14-10(13)12-9/h1-4,6H,(H,12,13). The largest absolute Gasteiger partial charge is 0.230 e. The van der Waals surface area contributed by atoms with Gasteiger partial charge in [0, 0.05) is 10.9 Å². The highest BCUT2D eigenvalue weighted by Gasteiger charge is 2.01. The number of nitrogens with zero attached hydrogens (tertiary/aromatic N) is 2. The lowest BCUT2D eigenvalue weighted by Gasteiger charge is -1.95. The van der Waals surface area contributed by atoms with Gasteiger partial charge in [-0.3, -0.25) is 0 Å². The van der Waals surface area contributed by atoms with Crippen molar-refractivity contribution in [2.24, 2.45) is 0 Å². The van der Waals surface area contributed by atoms with Crippen LogP contribution in [0, 0.1) is 11.3 Å². The van der Waals surface area contributed by atoms with Gasteiger partial charge < -0.3 is 0 Å². The number of benzene rings is 1. The fourth-order valence-electron chi connectivity index (χ4n) is 1.11. The minimum atomic E-state index is 0.662. The molecule has 2 aromatic rings. The van der Waals surface area contributed by atoms with Crippen LogP contribution in [0.2, 0.25) is 0 Å². The van der Waals surface area contributed by atoms with Crippen LogP contribution in [0.5, 0.6) is 0 Å². The SMILES string of the molecule is N#Cc1ccc(-c2csc(S)n2)cc1. The number of hydrogen-bond acceptors (Lipinski definition) is 4. The van der Waals surface area contributed by atoms with Gasteiger partial charge in [-0.25, -0.2) is 4.98 Å². The van der Waals surface area contributed by atoms with Crippen LogP contribution in [0.3, 0.4) is 0 Å².